The van der Waals surface area contributed by atoms with E-state index in [-0.39, 0.29) is 6.61 Å². The number of nitrogens with zero attached hydrogens (tertiary/aromatic N) is 2. The van der Waals surface area contributed by atoms with Gasteiger partial charge in [-0.2, -0.15) is 0 Å². The lowest BCUT2D eigenvalue weighted by Gasteiger charge is -2.00. The van der Waals surface area contributed by atoms with Gasteiger partial charge in [0.1, 0.15) is 0 Å². The van der Waals surface area contributed by atoms with Crippen LogP contribution >= 0.6 is 23.1 Å². The maximum absolute atomic E-state index is 8.70. The zero-order chi connectivity index (χ0) is 12.6. The third-order valence-corrected chi connectivity index (χ3v) is 4.32. The van der Waals surface area contributed by atoms with Gasteiger partial charge in [0.05, 0.1) is 0 Å². The Morgan fingerprint density at radius 1 is 1.22 bits per heavy atom. The lowest BCUT2D eigenvalue weighted by molar-refractivity contribution is 0.296. The van der Waals surface area contributed by atoms with Crippen LogP contribution in [0.5, 0.6) is 0 Å². The average Bonchev–Trinajstić information content (AvgIpc) is 2.86. The summed E-state index contributed by atoms with van der Waals surface area (Å²) in [4.78, 5) is 0. The van der Waals surface area contributed by atoms with Gasteiger partial charge in [0.15, 0.2) is 4.34 Å². The van der Waals surface area contributed by atoms with Crippen LogP contribution in [0, 0.1) is 0 Å². The fourth-order valence-electron chi connectivity index (χ4n) is 1.34. The summed E-state index contributed by atoms with van der Waals surface area (Å²) in [6, 6.07) is 10.2. The number of benzene rings is 1. The number of thioether (sulfide) groups is 1. The Kier molecular flexibility index (Phi) is 5.44. The van der Waals surface area contributed by atoms with Gasteiger partial charge in [-0.05, 0) is 12.0 Å². The van der Waals surface area contributed by atoms with Gasteiger partial charge in [-0.15, -0.1) is 10.2 Å². The van der Waals surface area contributed by atoms with Gasteiger partial charge in [0, 0.05) is 18.9 Å². The summed E-state index contributed by atoms with van der Waals surface area (Å²) in [5.74, 6) is 0.879. The lowest BCUT2D eigenvalue weighted by Crippen LogP contribution is -1.98. The lowest BCUT2D eigenvalue weighted by atomic mass is 10.2. The Bertz CT molecular complexity index is 461. The van der Waals surface area contributed by atoms with Gasteiger partial charge in [0.2, 0.25) is 5.13 Å². The number of aromatic nitrogens is 2. The van der Waals surface area contributed by atoms with Gasteiger partial charge >= 0.3 is 0 Å². The molecule has 0 aliphatic rings. The van der Waals surface area contributed by atoms with E-state index >= 15 is 0 Å². The highest BCUT2D eigenvalue weighted by molar-refractivity contribution is 8.01. The van der Waals surface area contributed by atoms with E-state index in [1.807, 2.05) is 18.2 Å². The van der Waals surface area contributed by atoms with E-state index in [9.17, 15) is 0 Å². The molecule has 0 fully saturated rings. The van der Waals surface area contributed by atoms with Gasteiger partial charge in [-0.3, -0.25) is 0 Å². The van der Waals surface area contributed by atoms with Crippen LogP contribution in [0.25, 0.3) is 0 Å². The fourth-order valence-corrected chi connectivity index (χ4v) is 3.08. The zero-order valence-electron chi connectivity index (χ0n) is 9.87. The molecule has 6 heteroatoms. The summed E-state index contributed by atoms with van der Waals surface area (Å²) in [5.41, 5.74) is 1.22. The average molecular weight is 281 g/mol. The van der Waals surface area contributed by atoms with Crippen LogP contribution in [0.4, 0.5) is 5.13 Å². The van der Waals surface area contributed by atoms with Crippen molar-refractivity contribution >= 4 is 28.2 Å². The molecule has 18 heavy (non-hydrogen) atoms. The molecule has 0 unspecified atom stereocenters. The molecule has 0 radical (unpaired) electrons. The second-order valence-electron chi connectivity index (χ2n) is 3.64. The van der Waals surface area contributed by atoms with Crippen molar-refractivity contribution in [3.63, 3.8) is 0 Å². The second-order valence-corrected chi connectivity index (χ2v) is 5.96. The molecule has 0 aliphatic carbocycles. The van der Waals surface area contributed by atoms with Gasteiger partial charge in [-0.25, -0.2) is 0 Å². The standard InChI is InChI=1S/C12H15N3OS2/c16-7-4-8-17-12-15-14-11(18-12)13-9-10-5-2-1-3-6-10/h1-3,5-6,16H,4,7-9H2,(H,13,14). The molecule has 0 atom stereocenters. The molecule has 2 N–H and O–H groups in total. The first kappa shape index (κ1) is 13.3. The summed E-state index contributed by atoms with van der Waals surface area (Å²) in [6.07, 6.45) is 0.789. The van der Waals surface area contributed by atoms with Gasteiger partial charge < -0.3 is 10.4 Å². The molecule has 1 heterocycles. The van der Waals surface area contributed by atoms with Crippen LogP contribution in [0.15, 0.2) is 34.7 Å². The minimum Gasteiger partial charge on any atom is -0.396 e. The maximum atomic E-state index is 8.70. The van der Waals surface area contributed by atoms with E-state index < -0.39 is 0 Å². The van der Waals surface area contributed by atoms with Crippen molar-refractivity contribution in [2.45, 2.75) is 17.3 Å². The largest absolute Gasteiger partial charge is 0.396 e. The fraction of sp³-hybridized carbons (Fsp3) is 0.333. The highest BCUT2D eigenvalue weighted by Gasteiger charge is 2.03. The van der Waals surface area contributed by atoms with E-state index in [0.29, 0.717) is 0 Å². The number of nitrogens with one attached hydrogen (secondary N) is 1. The molecule has 0 saturated heterocycles. The minimum absolute atomic E-state index is 0.227. The molecular weight excluding hydrogens is 266 g/mol. The van der Waals surface area contributed by atoms with Gasteiger partial charge in [-0.1, -0.05) is 53.4 Å². The van der Waals surface area contributed by atoms with Crippen molar-refractivity contribution in [3.05, 3.63) is 35.9 Å². The van der Waals surface area contributed by atoms with E-state index in [1.165, 1.54) is 5.56 Å². The number of hydrogen-bond acceptors (Lipinski definition) is 6. The first-order chi connectivity index (χ1) is 8.88. The quantitative estimate of drug-likeness (QED) is 0.603. The molecule has 4 nitrogen and oxygen atoms in total. The minimum atomic E-state index is 0.227. The summed E-state index contributed by atoms with van der Waals surface area (Å²) < 4.78 is 0.944. The molecule has 1 aromatic heterocycles. The summed E-state index contributed by atoms with van der Waals surface area (Å²) >= 11 is 3.18. The number of hydrogen-bond donors (Lipinski definition) is 2. The van der Waals surface area contributed by atoms with Crippen molar-refractivity contribution < 1.29 is 5.11 Å². The third kappa shape index (κ3) is 4.29. The Morgan fingerprint density at radius 3 is 2.83 bits per heavy atom. The van der Waals surface area contributed by atoms with Gasteiger partial charge in [0.25, 0.3) is 0 Å². The number of anilines is 1. The zero-order valence-corrected chi connectivity index (χ0v) is 11.5. The molecule has 2 rings (SSSR count). The van der Waals surface area contributed by atoms with Crippen molar-refractivity contribution in [1.29, 1.82) is 0 Å². The summed E-state index contributed by atoms with van der Waals surface area (Å²) in [6.45, 7) is 0.988. The first-order valence-corrected chi connectivity index (χ1v) is 7.53. The molecule has 1 aromatic carbocycles. The van der Waals surface area contributed by atoms with E-state index in [4.69, 9.17) is 5.11 Å². The highest BCUT2D eigenvalue weighted by Crippen LogP contribution is 2.26. The van der Waals surface area contributed by atoms with Crippen LogP contribution < -0.4 is 5.32 Å². The topological polar surface area (TPSA) is 58.0 Å². The summed E-state index contributed by atoms with van der Waals surface area (Å²) in [7, 11) is 0. The molecule has 0 spiro atoms. The molecule has 0 aliphatic heterocycles. The Morgan fingerprint density at radius 2 is 2.06 bits per heavy atom. The SMILES string of the molecule is OCCCSc1nnc(NCc2ccccc2)s1. The van der Waals surface area contributed by atoms with Crippen molar-refractivity contribution in [1.82, 2.24) is 10.2 Å². The van der Waals surface area contributed by atoms with Crippen molar-refractivity contribution in [2.24, 2.45) is 0 Å². The molecule has 0 bridgehead atoms. The Balaban J connectivity index is 1.80. The van der Waals surface area contributed by atoms with Crippen LogP contribution in [0.1, 0.15) is 12.0 Å². The normalized spacial score (nSPS) is 10.5. The predicted octanol–water partition coefficient (Wildman–Crippen LogP) is 2.62. The third-order valence-electron chi connectivity index (χ3n) is 2.22. The molecule has 0 amide bonds. The second kappa shape index (κ2) is 7.35. The van der Waals surface area contributed by atoms with Crippen LogP contribution in [0.3, 0.4) is 0 Å². The van der Waals surface area contributed by atoms with Crippen LogP contribution in [-0.2, 0) is 6.54 Å². The maximum Gasteiger partial charge on any atom is 0.206 e. The van der Waals surface area contributed by atoms with Crippen LogP contribution in [0.2, 0.25) is 0 Å². The van der Waals surface area contributed by atoms with Crippen molar-refractivity contribution in [3.8, 4) is 0 Å². The van der Waals surface area contributed by atoms with Crippen molar-refractivity contribution in [2.75, 3.05) is 17.7 Å². The highest BCUT2D eigenvalue weighted by atomic mass is 32.2. The molecule has 0 saturated carbocycles. The monoisotopic (exact) mass is 281 g/mol. The number of aliphatic hydroxyl groups is 1. The Labute approximate surface area is 114 Å². The van der Waals surface area contributed by atoms with E-state index in [0.717, 1.165) is 28.2 Å². The molecule has 2 aromatic rings. The molecular formula is C12H15N3OS2. The Hall–Kier alpha value is -1.11. The smallest absolute Gasteiger partial charge is 0.206 e. The first-order valence-electron chi connectivity index (χ1n) is 5.73. The van der Waals surface area contributed by atoms with E-state index in [2.05, 4.69) is 27.6 Å². The van der Waals surface area contributed by atoms with E-state index in [1.54, 1.807) is 23.1 Å². The number of aliphatic hydroxyl groups excluding tert-OH is 1. The predicted molar refractivity (Wildman–Crippen MR) is 76.1 cm³/mol. The molecule has 96 valence electrons. The summed E-state index contributed by atoms with van der Waals surface area (Å²) in [5, 5.41) is 21.0. The van der Waals surface area contributed by atoms with Crippen LogP contribution in [-0.4, -0.2) is 27.7 Å². The number of rotatable bonds is 7.